The number of anilines is 1. The van der Waals surface area contributed by atoms with Crippen LogP contribution in [0, 0.1) is 0 Å². The number of carbonyl (C=O) groups is 2. The fraction of sp³-hybridized carbons (Fsp3) is 0.222. The molecule has 1 aliphatic rings. The van der Waals surface area contributed by atoms with E-state index >= 15 is 0 Å². The van der Waals surface area contributed by atoms with Crippen LogP contribution in [0.25, 0.3) is 0 Å². The Balaban J connectivity index is 1.65. The minimum absolute atomic E-state index is 0.0287. The van der Waals surface area contributed by atoms with Gasteiger partial charge >= 0.3 is 6.03 Å². The van der Waals surface area contributed by atoms with Gasteiger partial charge < -0.3 is 21.1 Å². The predicted octanol–water partition coefficient (Wildman–Crippen LogP) is 2.36. The zero-order chi connectivity index (χ0) is 16.9. The predicted molar refractivity (Wildman–Crippen MR) is 90.8 cm³/mol. The summed E-state index contributed by atoms with van der Waals surface area (Å²) in [7, 11) is 0. The number of primary amides is 1. The van der Waals surface area contributed by atoms with Gasteiger partial charge in [0.1, 0.15) is 5.75 Å². The Morgan fingerprint density at radius 3 is 2.83 bits per heavy atom. The summed E-state index contributed by atoms with van der Waals surface area (Å²) < 4.78 is 5.59. The van der Waals surface area contributed by atoms with Gasteiger partial charge in [0.2, 0.25) is 5.91 Å². The average Bonchev–Trinajstić information content (AvgIpc) is 2.59. The molecule has 6 heteroatoms. The van der Waals surface area contributed by atoms with E-state index in [0.717, 1.165) is 16.9 Å². The second-order valence-corrected chi connectivity index (χ2v) is 5.63. The second kappa shape index (κ2) is 7.04. The van der Waals surface area contributed by atoms with E-state index in [0.29, 0.717) is 25.3 Å². The van der Waals surface area contributed by atoms with Crippen molar-refractivity contribution < 1.29 is 14.3 Å². The normalized spacial score (nSPS) is 15.8. The Labute approximate surface area is 140 Å². The number of ether oxygens (including phenoxy) is 1. The average molecular weight is 325 g/mol. The fourth-order valence-corrected chi connectivity index (χ4v) is 2.83. The third-order valence-corrected chi connectivity index (χ3v) is 3.94. The molecular formula is C18H19N3O3. The van der Waals surface area contributed by atoms with Crippen molar-refractivity contribution in [1.82, 2.24) is 5.32 Å². The number of rotatable bonds is 4. The molecule has 0 aromatic heterocycles. The summed E-state index contributed by atoms with van der Waals surface area (Å²) in [5.41, 5.74) is 7.52. The van der Waals surface area contributed by atoms with Gasteiger partial charge in [-0.2, -0.15) is 0 Å². The minimum atomic E-state index is -0.616. The summed E-state index contributed by atoms with van der Waals surface area (Å²) in [6.45, 7) is 0.916. The lowest BCUT2D eigenvalue weighted by atomic mass is 9.92. The van der Waals surface area contributed by atoms with E-state index in [4.69, 9.17) is 10.5 Å². The highest BCUT2D eigenvalue weighted by molar-refractivity contribution is 5.88. The summed E-state index contributed by atoms with van der Waals surface area (Å²) in [5.74, 6) is 0.539. The Morgan fingerprint density at radius 1 is 1.17 bits per heavy atom. The molecule has 3 amide bonds. The number of fused-ring (bicyclic) bond motifs is 1. The maximum atomic E-state index is 12.5. The standard InChI is InChI=1S/C18H19N3O3/c19-18(23)21-13-5-3-4-12(10-13)11-20-17(22)15-8-9-24-16-7-2-1-6-14(15)16/h1-7,10,15H,8-9,11H2,(H,20,22)(H3,19,21,23). The Morgan fingerprint density at radius 2 is 2.00 bits per heavy atom. The first-order valence-electron chi connectivity index (χ1n) is 7.78. The van der Waals surface area contributed by atoms with Gasteiger partial charge in [0, 0.05) is 17.8 Å². The maximum absolute atomic E-state index is 12.5. The van der Waals surface area contributed by atoms with Gasteiger partial charge in [-0.1, -0.05) is 30.3 Å². The summed E-state index contributed by atoms with van der Waals surface area (Å²) in [4.78, 5) is 23.4. The van der Waals surface area contributed by atoms with Crippen molar-refractivity contribution >= 4 is 17.6 Å². The van der Waals surface area contributed by atoms with Crippen molar-refractivity contribution in [2.45, 2.75) is 18.9 Å². The van der Waals surface area contributed by atoms with Crippen LogP contribution in [0.2, 0.25) is 0 Å². The molecular weight excluding hydrogens is 306 g/mol. The number of urea groups is 1. The zero-order valence-electron chi connectivity index (χ0n) is 13.1. The first-order chi connectivity index (χ1) is 11.6. The molecule has 2 aromatic rings. The van der Waals surface area contributed by atoms with Crippen LogP contribution in [0.5, 0.6) is 5.75 Å². The monoisotopic (exact) mass is 325 g/mol. The van der Waals surface area contributed by atoms with Gasteiger partial charge in [-0.25, -0.2) is 4.79 Å². The van der Waals surface area contributed by atoms with Gasteiger partial charge in [0.15, 0.2) is 0 Å². The van der Waals surface area contributed by atoms with Crippen molar-refractivity contribution in [2.24, 2.45) is 5.73 Å². The molecule has 0 fully saturated rings. The number of carbonyl (C=O) groups excluding carboxylic acids is 2. The quantitative estimate of drug-likeness (QED) is 0.805. The summed E-state index contributed by atoms with van der Waals surface area (Å²) >= 11 is 0. The number of benzene rings is 2. The van der Waals surface area contributed by atoms with E-state index in [2.05, 4.69) is 10.6 Å². The first-order valence-corrected chi connectivity index (χ1v) is 7.78. The van der Waals surface area contributed by atoms with E-state index in [1.54, 1.807) is 18.2 Å². The number of nitrogens with one attached hydrogen (secondary N) is 2. The molecule has 124 valence electrons. The summed E-state index contributed by atoms with van der Waals surface area (Å²) in [6, 6.07) is 14.2. The van der Waals surface area contributed by atoms with E-state index in [-0.39, 0.29) is 11.8 Å². The number of hydrogen-bond donors (Lipinski definition) is 3. The fourth-order valence-electron chi connectivity index (χ4n) is 2.83. The Bertz CT molecular complexity index is 761. The van der Waals surface area contributed by atoms with Crippen LogP contribution >= 0.6 is 0 Å². The molecule has 1 unspecified atom stereocenters. The molecule has 1 heterocycles. The SMILES string of the molecule is NC(=O)Nc1cccc(CNC(=O)C2CCOc3ccccc32)c1. The van der Waals surface area contributed by atoms with Gasteiger partial charge in [0.25, 0.3) is 0 Å². The largest absolute Gasteiger partial charge is 0.493 e. The third kappa shape index (κ3) is 3.65. The molecule has 0 spiro atoms. The molecule has 24 heavy (non-hydrogen) atoms. The summed E-state index contributed by atoms with van der Waals surface area (Å²) in [6.07, 6.45) is 0.659. The number of hydrogen-bond acceptors (Lipinski definition) is 3. The Hall–Kier alpha value is -3.02. The van der Waals surface area contributed by atoms with E-state index in [1.807, 2.05) is 30.3 Å². The third-order valence-electron chi connectivity index (χ3n) is 3.94. The van der Waals surface area contributed by atoms with Crippen molar-refractivity contribution in [3.05, 3.63) is 59.7 Å². The van der Waals surface area contributed by atoms with E-state index in [9.17, 15) is 9.59 Å². The van der Waals surface area contributed by atoms with Gasteiger partial charge in [0.05, 0.1) is 12.5 Å². The van der Waals surface area contributed by atoms with Crippen LogP contribution in [0.3, 0.4) is 0 Å². The van der Waals surface area contributed by atoms with Crippen LogP contribution < -0.4 is 21.1 Å². The molecule has 1 atom stereocenters. The van der Waals surface area contributed by atoms with E-state index < -0.39 is 6.03 Å². The molecule has 4 N–H and O–H groups in total. The lowest BCUT2D eigenvalue weighted by molar-refractivity contribution is -0.123. The van der Waals surface area contributed by atoms with Crippen LogP contribution in [0.15, 0.2) is 48.5 Å². The molecule has 0 bridgehead atoms. The molecule has 0 saturated carbocycles. The first kappa shape index (κ1) is 15.9. The highest BCUT2D eigenvalue weighted by atomic mass is 16.5. The second-order valence-electron chi connectivity index (χ2n) is 5.63. The van der Waals surface area contributed by atoms with Crippen molar-refractivity contribution in [1.29, 1.82) is 0 Å². The lowest BCUT2D eigenvalue weighted by Gasteiger charge is -2.25. The van der Waals surface area contributed by atoms with Gasteiger partial charge in [-0.15, -0.1) is 0 Å². The van der Waals surface area contributed by atoms with Crippen molar-refractivity contribution in [2.75, 3.05) is 11.9 Å². The van der Waals surface area contributed by atoms with Gasteiger partial charge in [-0.3, -0.25) is 4.79 Å². The van der Waals surface area contributed by atoms with Crippen molar-refractivity contribution in [3.63, 3.8) is 0 Å². The van der Waals surface area contributed by atoms with Crippen molar-refractivity contribution in [3.8, 4) is 5.75 Å². The lowest BCUT2D eigenvalue weighted by Crippen LogP contribution is -2.32. The highest BCUT2D eigenvalue weighted by Crippen LogP contribution is 2.33. The maximum Gasteiger partial charge on any atom is 0.316 e. The zero-order valence-corrected chi connectivity index (χ0v) is 13.1. The number of amides is 3. The molecule has 1 aliphatic heterocycles. The molecule has 3 rings (SSSR count). The topological polar surface area (TPSA) is 93.5 Å². The number of para-hydroxylation sites is 1. The van der Waals surface area contributed by atoms with Crippen LogP contribution in [-0.2, 0) is 11.3 Å². The molecule has 0 radical (unpaired) electrons. The summed E-state index contributed by atoms with van der Waals surface area (Å²) in [5, 5.41) is 5.47. The Kier molecular flexibility index (Phi) is 4.65. The highest BCUT2D eigenvalue weighted by Gasteiger charge is 2.27. The molecule has 0 saturated heterocycles. The molecule has 6 nitrogen and oxygen atoms in total. The minimum Gasteiger partial charge on any atom is -0.493 e. The van der Waals surface area contributed by atoms with Crippen LogP contribution in [0.4, 0.5) is 10.5 Å². The smallest absolute Gasteiger partial charge is 0.316 e. The van der Waals surface area contributed by atoms with Crippen LogP contribution in [0.1, 0.15) is 23.5 Å². The van der Waals surface area contributed by atoms with Gasteiger partial charge in [-0.05, 0) is 30.2 Å². The molecule has 2 aromatic carbocycles. The number of nitrogens with two attached hydrogens (primary N) is 1. The van der Waals surface area contributed by atoms with Crippen LogP contribution in [-0.4, -0.2) is 18.5 Å². The van der Waals surface area contributed by atoms with E-state index in [1.165, 1.54) is 0 Å². The molecule has 0 aliphatic carbocycles.